The fourth-order valence-electron chi connectivity index (χ4n) is 5.00. The highest BCUT2D eigenvalue weighted by Gasteiger charge is 2.33. The maximum Gasteiger partial charge on any atom is 0.306 e. The summed E-state index contributed by atoms with van der Waals surface area (Å²) in [6.45, 7) is 1.76. The summed E-state index contributed by atoms with van der Waals surface area (Å²) in [5.41, 5.74) is 6.55. The Kier molecular flexibility index (Phi) is 4.01. The monoisotopic (exact) mass is 360 g/mol. The number of aliphatic carboxylic acids is 1. The van der Waals surface area contributed by atoms with Gasteiger partial charge in [-0.2, -0.15) is 0 Å². The van der Waals surface area contributed by atoms with E-state index in [9.17, 15) is 9.90 Å². The molecule has 1 unspecified atom stereocenters. The van der Waals surface area contributed by atoms with E-state index in [0.29, 0.717) is 6.04 Å². The lowest BCUT2D eigenvalue weighted by atomic mass is 9.84. The molecule has 1 fully saturated rings. The smallest absolute Gasteiger partial charge is 0.306 e. The molecule has 1 aliphatic carbocycles. The first-order chi connectivity index (χ1) is 13.2. The van der Waals surface area contributed by atoms with Crippen molar-refractivity contribution in [3.63, 3.8) is 0 Å². The van der Waals surface area contributed by atoms with Crippen LogP contribution in [0.2, 0.25) is 0 Å². The molecule has 1 aromatic heterocycles. The maximum atomic E-state index is 11.3. The number of hydrogen-bond acceptors (Lipinski definition) is 2. The van der Waals surface area contributed by atoms with Crippen LogP contribution in [-0.2, 0) is 11.2 Å². The second-order valence-corrected chi connectivity index (χ2v) is 7.82. The number of benzene rings is 2. The van der Waals surface area contributed by atoms with Crippen LogP contribution in [0.25, 0.3) is 22.2 Å². The van der Waals surface area contributed by atoms with E-state index in [-0.39, 0.29) is 5.92 Å². The number of H-pyrrole nitrogens is 1. The molecule has 27 heavy (non-hydrogen) atoms. The van der Waals surface area contributed by atoms with Crippen LogP contribution >= 0.6 is 0 Å². The molecular formula is C23H24N2O2. The van der Waals surface area contributed by atoms with Crippen LogP contribution in [0.5, 0.6) is 0 Å². The van der Waals surface area contributed by atoms with Crippen molar-refractivity contribution in [1.82, 2.24) is 9.88 Å². The largest absolute Gasteiger partial charge is 0.481 e. The number of nitrogens with one attached hydrogen (secondary N) is 1. The summed E-state index contributed by atoms with van der Waals surface area (Å²) in [5, 5.41) is 10.7. The molecular weight excluding hydrogens is 336 g/mol. The van der Waals surface area contributed by atoms with Crippen LogP contribution < -0.4 is 0 Å². The quantitative estimate of drug-likeness (QED) is 0.717. The predicted octanol–water partition coefficient (Wildman–Crippen LogP) is 4.62. The first-order valence-electron chi connectivity index (χ1n) is 9.88. The van der Waals surface area contributed by atoms with Crippen molar-refractivity contribution in [2.45, 2.75) is 31.7 Å². The van der Waals surface area contributed by atoms with Crippen molar-refractivity contribution >= 4 is 16.9 Å². The normalized spacial score (nSPS) is 20.8. The van der Waals surface area contributed by atoms with Gasteiger partial charge >= 0.3 is 5.97 Å². The summed E-state index contributed by atoms with van der Waals surface area (Å²) >= 11 is 0. The number of carbonyl (C=O) groups is 1. The molecule has 5 rings (SSSR count). The van der Waals surface area contributed by atoms with Crippen LogP contribution in [0.1, 0.15) is 36.4 Å². The fraction of sp³-hybridized carbons (Fsp3) is 0.348. The van der Waals surface area contributed by atoms with E-state index in [1.807, 2.05) is 0 Å². The van der Waals surface area contributed by atoms with E-state index in [2.05, 4.69) is 58.4 Å². The van der Waals surface area contributed by atoms with Crippen molar-refractivity contribution < 1.29 is 9.90 Å². The number of likely N-dealkylation sites (tertiary alicyclic amines) is 1. The van der Waals surface area contributed by atoms with Gasteiger partial charge in [0.25, 0.3) is 0 Å². The van der Waals surface area contributed by atoms with Gasteiger partial charge in [0.05, 0.1) is 5.92 Å². The van der Waals surface area contributed by atoms with E-state index in [1.54, 1.807) is 0 Å². The van der Waals surface area contributed by atoms with Gasteiger partial charge in [-0.25, -0.2) is 0 Å². The van der Waals surface area contributed by atoms with Gasteiger partial charge < -0.3 is 10.1 Å². The third-order valence-corrected chi connectivity index (χ3v) is 6.37. The topological polar surface area (TPSA) is 56.3 Å². The second kappa shape index (κ2) is 6.54. The van der Waals surface area contributed by atoms with E-state index >= 15 is 0 Å². The van der Waals surface area contributed by atoms with Gasteiger partial charge in [-0.3, -0.25) is 9.69 Å². The first kappa shape index (κ1) is 16.6. The zero-order valence-corrected chi connectivity index (χ0v) is 15.3. The Bertz CT molecular complexity index is 984. The zero-order valence-electron chi connectivity index (χ0n) is 15.3. The number of carboxylic acids is 1. The molecule has 2 heterocycles. The summed E-state index contributed by atoms with van der Waals surface area (Å²) in [4.78, 5) is 17.4. The van der Waals surface area contributed by atoms with E-state index in [0.717, 1.165) is 38.8 Å². The summed E-state index contributed by atoms with van der Waals surface area (Å²) < 4.78 is 0. The summed E-state index contributed by atoms with van der Waals surface area (Å²) in [6.07, 6.45) is 3.68. The van der Waals surface area contributed by atoms with Crippen LogP contribution in [0.4, 0.5) is 0 Å². The lowest BCUT2D eigenvalue weighted by Gasteiger charge is -2.38. The summed E-state index contributed by atoms with van der Waals surface area (Å²) in [5.74, 6) is -0.811. The Balaban J connectivity index is 1.52. The third kappa shape index (κ3) is 2.76. The predicted molar refractivity (Wildman–Crippen MR) is 107 cm³/mol. The van der Waals surface area contributed by atoms with Crippen molar-refractivity contribution in [2.75, 3.05) is 13.1 Å². The van der Waals surface area contributed by atoms with Crippen LogP contribution in [0.15, 0.2) is 48.5 Å². The van der Waals surface area contributed by atoms with Crippen molar-refractivity contribution in [3.05, 3.63) is 59.7 Å². The highest BCUT2D eigenvalue weighted by molar-refractivity contribution is 5.94. The van der Waals surface area contributed by atoms with Crippen LogP contribution in [0, 0.1) is 5.92 Å². The second-order valence-electron chi connectivity index (χ2n) is 7.82. The number of aromatic amines is 1. The molecule has 0 bridgehead atoms. The molecule has 4 nitrogen and oxygen atoms in total. The minimum Gasteiger partial charge on any atom is -0.481 e. The lowest BCUT2D eigenvalue weighted by Crippen LogP contribution is -2.39. The van der Waals surface area contributed by atoms with Gasteiger partial charge in [0, 0.05) is 22.6 Å². The average Bonchev–Trinajstić information content (AvgIpc) is 3.10. The van der Waals surface area contributed by atoms with Gasteiger partial charge in [0.1, 0.15) is 0 Å². The van der Waals surface area contributed by atoms with E-state index < -0.39 is 5.97 Å². The molecule has 0 amide bonds. The number of aromatic nitrogens is 1. The molecule has 0 radical (unpaired) electrons. The number of carboxylic acid groups (broad SMARTS) is 1. The van der Waals surface area contributed by atoms with Crippen LogP contribution in [0.3, 0.4) is 0 Å². The number of rotatable bonds is 3. The Labute approximate surface area is 158 Å². The molecule has 3 aromatic rings. The minimum atomic E-state index is -0.638. The Hall–Kier alpha value is -2.59. The van der Waals surface area contributed by atoms with Crippen LogP contribution in [-0.4, -0.2) is 34.0 Å². The Morgan fingerprint density at radius 3 is 2.52 bits per heavy atom. The number of nitrogens with zero attached hydrogens (tertiary/aromatic N) is 1. The van der Waals surface area contributed by atoms with E-state index in [4.69, 9.17) is 0 Å². The highest BCUT2D eigenvalue weighted by Crippen LogP contribution is 2.43. The highest BCUT2D eigenvalue weighted by atomic mass is 16.4. The number of piperidine rings is 1. The van der Waals surface area contributed by atoms with Gasteiger partial charge in [0.2, 0.25) is 0 Å². The molecule has 138 valence electrons. The first-order valence-corrected chi connectivity index (χ1v) is 9.88. The molecule has 2 aliphatic rings. The Morgan fingerprint density at radius 1 is 1.00 bits per heavy atom. The molecule has 4 heteroatoms. The third-order valence-electron chi connectivity index (χ3n) is 6.37. The van der Waals surface area contributed by atoms with Gasteiger partial charge in [-0.05, 0) is 61.5 Å². The van der Waals surface area contributed by atoms with Crippen molar-refractivity contribution in [3.8, 4) is 11.3 Å². The maximum absolute atomic E-state index is 11.3. The molecule has 2 N–H and O–H groups in total. The molecule has 1 aliphatic heterocycles. The SMILES string of the molecule is O=C(O)C1CCN(C2CCc3c(-c4ccccc4)[nH]c4cccc2c34)CC1. The molecule has 1 atom stereocenters. The molecule has 0 spiro atoms. The van der Waals surface area contributed by atoms with Gasteiger partial charge in [-0.15, -0.1) is 0 Å². The van der Waals surface area contributed by atoms with E-state index in [1.165, 1.54) is 33.3 Å². The lowest BCUT2D eigenvalue weighted by molar-refractivity contribution is -0.143. The minimum absolute atomic E-state index is 0.173. The molecule has 2 aromatic carbocycles. The van der Waals surface area contributed by atoms with Crippen molar-refractivity contribution in [2.24, 2.45) is 5.92 Å². The number of hydrogen-bond donors (Lipinski definition) is 2. The van der Waals surface area contributed by atoms with Gasteiger partial charge in [0.15, 0.2) is 0 Å². The zero-order chi connectivity index (χ0) is 18.4. The van der Waals surface area contributed by atoms with Crippen molar-refractivity contribution in [1.29, 1.82) is 0 Å². The summed E-state index contributed by atoms with van der Waals surface area (Å²) in [7, 11) is 0. The summed E-state index contributed by atoms with van der Waals surface area (Å²) in [6, 6.07) is 17.6. The van der Waals surface area contributed by atoms with Gasteiger partial charge in [-0.1, -0.05) is 42.5 Å². The molecule has 0 saturated carbocycles. The standard InChI is InChI=1S/C23H24N2O2/c26-23(27)16-11-13-25(14-12-16)20-10-9-18-21-17(20)7-4-8-19(21)24-22(18)15-5-2-1-3-6-15/h1-8,16,20,24H,9-14H2,(H,26,27). The average molecular weight is 360 g/mol. The molecule has 1 saturated heterocycles. The Morgan fingerprint density at radius 2 is 1.78 bits per heavy atom. The fourth-order valence-corrected chi connectivity index (χ4v) is 5.00. The number of aryl methyl sites for hydroxylation is 1.